The maximum absolute atomic E-state index is 13.0. The molecule has 3 heteroatoms. The molecule has 0 bridgehead atoms. The Balaban J connectivity index is 1.94. The Bertz CT molecular complexity index is 392. The molecule has 2 rings (SSSR count). The maximum Gasteiger partial charge on any atom is 0.123 e. The van der Waals surface area contributed by atoms with Crippen LogP contribution in [0.1, 0.15) is 44.1 Å². The van der Waals surface area contributed by atoms with Gasteiger partial charge in [-0.1, -0.05) is 31.9 Å². The lowest BCUT2D eigenvalue weighted by atomic mass is 9.81. The maximum atomic E-state index is 13.0. The van der Waals surface area contributed by atoms with Crippen LogP contribution in [0.4, 0.5) is 4.39 Å². The molecule has 0 unspecified atom stereocenters. The molecular formula is C17H26FNO. The number of rotatable bonds is 6. The van der Waals surface area contributed by atoms with Gasteiger partial charge in [-0.15, -0.1) is 0 Å². The van der Waals surface area contributed by atoms with E-state index in [0.717, 1.165) is 26.1 Å². The molecule has 0 saturated carbocycles. The van der Waals surface area contributed by atoms with Crippen LogP contribution in [0, 0.1) is 11.7 Å². The normalized spacial score (nSPS) is 23.9. The topological polar surface area (TPSA) is 23.5 Å². The van der Waals surface area contributed by atoms with Gasteiger partial charge in [0.1, 0.15) is 5.82 Å². The molecular weight excluding hydrogens is 253 g/mol. The average molecular weight is 279 g/mol. The summed E-state index contributed by atoms with van der Waals surface area (Å²) in [6.45, 7) is 5.62. The number of likely N-dealkylation sites (tertiary alicyclic amines) is 1. The molecule has 1 N–H and O–H groups in total. The van der Waals surface area contributed by atoms with Crippen molar-refractivity contribution in [2.75, 3.05) is 26.2 Å². The van der Waals surface area contributed by atoms with Crippen LogP contribution >= 0.6 is 0 Å². The molecule has 1 aromatic carbocycles. The summed E-state index contributed by atoms with van der Waals surface area (Å²) in [7, 11) is 0. The van der Waals surface area contributed by atoms with Crippen LogP contribution in [0.5, 0.6) is 0 Å². The minimum Gasteiger partial charge on any atom is -0.396 e. The van der Waals surface area contributed by atoms with Crippen molar-refractivity contribution in [3.8, 4) is 0 Å². The summed E-state index contributed by atoms with van der Waals surface area (Å²) in [5, 5.41) is 9.67. The third-order valence-electron chi connectivity index (χ3n) is 4.43. The smallest absolute Gasteiger partial charge is 0.123 e. The van der Waals surface area contributed by atoms with Gasteiger partial charge in [0.25, 0.3) is 0 Å². The molecule has 2 nitrogen and oxygen atoms in total. The standard InChI is InChI=1S/C17H26FNO/c1-2-3-4-10-19-11-9-17(15(12-19)13-20)14-5-7-16(18)8-6-14/h5-8,15,17,20H,2-4,9-13H2,1H3/t15-,17+/m1/s1. The second-order valence-corrected chi connectivity index (χ2v) is 5.90. The predicted molar refractivity (Wildman–Crippen MR) is 80.3 cm³/mol. The Kier molecular flexibility index (Phi) is 5.99. The molecule has 0 spiro atoms. The Hall–Kier alpha value is -0.930. The molecule has 0 amide bonds. The van der Waals surface area contributed by atoms with E-state index in [2.05, 4.69) is 11.8 Å². The van der Waals surface area contributed by atoms with E-state index < -0.39 is 0 Å². The molecule has 1 saturated heterocycles. The first-order valence-corrected chi connectivity index (χ1v) is 7.83. The van der Waals surface area contributed by atoms with Gasteiger partial charge in [0.15, 0.2) is 0 Å². The number of benzene rings is 1. The first kappa shape index (κ1) is 15.5. The minimum atomic E-state index is -0.189. The molecule has 0 radical (unpaired) electrons. The summed E-state index contributed by atoms with van der Waals surface area (Å²) in [6, 6.07) is 6.79. The zero-order valence-corrected chi connectivity index (χ0v) is 12.4. The van der Waals surface area contributed by atoms with Crippen molar-refractivity contribution >= 4 is 0 Å². The minimum absolute atomic E-state index is 0.189. The van der Waals surface area contributed by atoms with Crippen molar-refractivity contribution in [2.45, 2.75) is 38.5 Å². The molecule has 0 aromatic heterocycles. The summed E-state index contributed by atoms with van der Waals surface area (Å²) in [5.41, 5.74) is 1.17. The molecule has 20 heavy (non-hydrogen) atoms. The van der Waals surface area contributed by atoms with Gasteiger partial charge in [-0.3, -0.25) is 0 Å². The number of piperidine rings is 1. The molecule has 1 aromatic rings. The van der Waals surface area contributed by atoms with Crippen LogP contribution in [0.3, 0.4) is 0 Å². The third kappa shape index (κ3) is 4.03. The fourth-order valence-corrected chi connectivity index (χ4v) is 3.23. The van der Waals surface area contributed by atoms with Crippen molar-refractivity contribution in [3.05, 3.63) is 35.6 Å². The fraction of sp³-hybridized carbons (Fsp3) is 0.647. The third-order valence-corrected chi connectivity index (χ3v) is 4.43. The van der Waals surface area contributed by atoms with E-state index in [4.69, 9.17) is 0 Å². The summed E-state index contributed by atoms with van der Waals surface area (Å²) >= 11 is 0. The van der Waals surface area contributed by atoms with E-state index in [9.17, 15) is 9.50 Å². The lowest BCUT2D eigenvalue weighted by Crippen LogP contribution is -2.41. The Morgan fingerprint density at radius 1 is 1.25 bits per heavy atom. The van der Waals surface area contributed by atoms with Crippen molar-refractivity contribution in [3.63, 3.8) is 0 Å². The molecule has 1 heterocycles. The molecule has 1 aliphatic heterocycles. The van der Waals surface area contributed by atoms with E-state index in [1.165, 1.54) is 37.0 Å². The van der Waals surface area contributed by atoms with Crippen LogP contribution in [-0.2, 0) is 0 Å². The second-order valence-electron chi connectivity index (χ2n) is 5.90. The summed E-state index contributed by atoms with van der Waals surface area (Å²) in [6.07, 6.45) is 4.83. The monoisotopic (exact) mass is 279 g/mol. The molecule has 0 aliphatic carbocycles. The number of hydrogen-bond acceptors (Lipinski definition) is 2. The van der Waals surface area contributed by atoms with Crippen LogP contribution in [-0.4, -0.2) is 36.2 Å². The van der Waals surface area contributed by atoms with Crippen molar-refractivity contribution in [1.82, 2.24) is 4.90 Å². The number of hydrogen-bond donors (Lipinski definition) is 1. The van der Waals surface area contributed by atoms with Gasteiger partial charge >= 0.3 is 0 Å². The number of nitrogens with zero attached hydrogens (tertiary/aromatic N) is 1. The SMILES string of the molecule is CCCCCN1CC[C@@H](c2ccc(F)cc2)[C@@H](CO)C1. The molecule has 1 fully saturated rings. The highest BCUT2D eigenvalue weighted by Gasteiger charge is 2.29. The van der Waals surface area contributed by atoms with Gasteiger partial charge < -0.3 is 10.0 Å². The van der Waals surface area contributed by atoms with Gasteiger partial charge in [-0.2, -0.15) is 0 Å². The van der Waals surface area contributed by atoms with E-state index in [-0.39, 0.29) is 18.3 Å². The fourth-order valence-electron chi connectivity index (χ4n) is 3.23. The van der Waals surface area contributed by atoms with Crippen LogP contribution in [0.15, 0.2) is 24.3 Å². The quantitative estimate of drug-likeness (QED) is 0.807. The predicted octanol–water partition coefficient (Wildman–Crippen LogP) is 3.41. The Labute approximate surface area is 121 Å². The number of aliphatic hydroxyl groups is 1. The molecule has 112 valence electrons. The van der Waals surface area contributed by atoms with E-state index >= 15 is 0 Å². The van der Waals surface area contributed by atoms with Crippen LogP contribution < -0.4 is 0 Å². The van der Waals surface area contributed by atoms with E-state index in [1.807, 2.05) is 12.1 Å². The first-order valence-electron chi connectivity index (χ1n) is 7.83. The summed E-state index contributed by atoms with van der Waals surface area (Å²) in [4.78, 5) is 2.47. The zero-order valence-electron chi connectivity index (χ0n) is 12.4. The highest BCUT2D eigenvalue weighted by Crippen LogP contribution is 2.33. The second kappa shape index (κ2) is 7.75. The highest BCUT2D eigenvalue weighted by molar-refractivity contribution is 5.22. The zero-order chi connectivity index (χ0) is 14.4. The van der Waals surface area contributed by atoms with Crippen LogP contribution in [0.25, 0.3) is 0 Å². The molecule has 2 atom stereocenters. The van der Waals surface area contributed by atoms with E-state index in [0.29, 0.717) is 5.92 Å². The lowest BCUT2D eigenvalue weighted by Gasteiger charge is -2.38. The average Bonchev–Trinajstić information content (AvgIpc) is 2.48. The van der Waals surface area contributed by atoms with Gasteiger partial charge in [0.05, 0.1) is 0 Å². The summed E-state index contributed by atoms with van der Waals surface area (Å²) < 4.78 is 13.0. The summed E-state index contributed by atoms with van der Waals surface area (Å²) in [5.74, 6) is 0.449. The first-order chi connectivity index (χ1) is 9.74. The highest BCUT2D eigenvalue weighted by atomic mass is 19.1. The number of unbranched alkanes of at least 4 members (excludes halogenated alkanes) is 2. The Morgan fingerprint density at radius 3 is 2.65 bits per heavy atom. The largest absolute Gasteiger partial charge is 0.396 e. The number of aliphatic hydroxyl groups excluding tert-OH is 1. The molecule has 1 aliphatic rings. The van der Waals surface area contributed by atoms with Gasteiger partial charge in [-0.25, -0.2) is 4.39 Å². The lowest BCUT2D eigenvalue weighted by molar-refractivity contribution is 0.101. The van der Waals surface area contributed by atoms with Crippen LogP contribution in [0.2, 0.25) is 0 Å². The van der Waals surface area contributed by atoms with Crippen molar-refractivity contribution in [1.29, 1.82) is 0 Å². The Morgan fingerprint density at radius 2 is 2.00 bits per heavy atom. The van der Waals surface area contributed by atoms with Gasteiger partial charge in [-0.05, 0) is 49.5 Å². The van der Waals surface area contributed by atoms with Gasteiger partial charge in [0.2, 0.25) is 0 Å². The van der Waals surface area contributed by atoms with E-state index in [1.54, 1.807) is 0 Å². The van der Waals surface area contributed by atoms with Gasteiger partial charge in [0, 0.05) is 19.1 Å². The van der Waals surface area contributed by atoms with Crippen molar-refractivity contribution in [2.24, 2.45) is 5.92 Å². The van der Waals surface area contributed by atoms with Crippen molar-refractivity contribution < 1.29 is 9.50 Å². The number of halogens is 1.